The predicted octanol–water partition coefficient (Wildman–Crippen LogP) is 3.92. The maximum absolute atomic E-state index is 13.8. The number of carbonyl (C=O) groups is 1. The summed E-state index contributed by atoms with van der Waals surface area (Å²) in [5, 5.41) is 0. The third kappa shape index (κ3) is 3.17. The van der Waals surface area contributed by atoms with Crippen LogP contribution in [0.4, 0.5) is 4.39 Å². The normalized spacial score (nSPS) is 15.8. The smallest absolute Gasteiger partial charge is 0.253 e. The number of hydrogen-bond donors (Lipinski definition) is 1. The molecule has 28 heavy (non-hydrogen) atoms. The molecule has 1 amide bonds. The number of ether oxygens (including phenoxy) is 2. The van der Waals surface area contributed by atoms with Gasteiger partial charge in [-0.15, -0.1) is 0 Å². The van der Waals surface area contributed by atoms with Crippen molar-refractivity contribution in [1.29, 1.82) is 0 Å². The summed E-state index contributed by atoms with van der Waals surface area (Å²) >= 11 is 0. The molecule has 1 atom stereocenters. The Hall–Kier alpha value is -3.09. The zero-order valence-corrected chi connectivity index (χ0v) is 16.3. The first-order chi connectivity index (χ1) is 13.3. The molecule has 0 radical (unpaired) electrons. The van der Waals surface area contributed by atoms with Gasteiger partial charge in [0, 0.05) is 37.7 Å². The second-order valence-electron chi connectivity index (χ2n) is 7.27. The summed E-state index contributed by atoms with van der Waals surface area (Å²) in [5.41, 5.74) is 3.52. The van der Waals surface area contributed by atoms with Crippen molar-refractivity contribution in [3.05, 3.63) is 52.6 Å². The molecule has 7 heteroatoms. The van der Waals surface area contributed by atoms with E-state index in [0.717, 1.165) is 22.5 Å². The maximum atomic E-state index is 13.8. The second kappa shape index (κ2) is 6.82. The highest BCUT2D eigenvalue weighted by atomic mass is 19.1. The van der Waals surface area contributed by atoms with Crippen molar-refractivity contribution in [1.82, 2.24) is 14.9 Å². The van der Waals surface area contributed by atoms with E-state index in [9.17, 15) is 9.18 Å². The topological polar surface area (TPSA) is 67.5 Å². The van der Waals surface area contributed by atoms with Crippen LogP contribution in [0.2, 0.25) is 0 Å². The van der Waals surface area contributed by atoms with E-state index in [1.165, 1.54) is 17.0 Å². The van der Waals surface area contributed by atoms with Gasteiger partial charge in [-0.25, -0.2) is 9.37 Å². The molecule has 2 aromatic carbocycles. The average molecular weight is 383 g/mol. The number of nitrogens with zero attached hydrogens (tertiary/aromatic N) is 2. The van der Waals surface area contributed by atoms with E-state index in [1.807, 2.05) is 13.8 Å². The minimum atomic E-state index is -0.333. The van der Waals surface area contributed by atoms with E-state index in [-0.39, 0.29) is 17.8 Å². The monoisotopic (exact) mass is 383 g/mol. The number of rotatable bonds is 3. The molecule has 0 fully saturated rings. The molecule has 0 saturated carbocycles. The minimum absolute atomic E-state index is 0.121. The molecule has 4 rings (SSSR count). The van der Waals surface area contributed by atoms with Crippen molar-refractivity contribution in [3.63, 3.8) is 0 Å². The zero-order valence-electron chi connectivity index (χ0n) is 16.3. The molecule has 0 spiro atoms. The van der Waals surface area contributed by atoms with E-state index in [4.69, 9.17) is 9.47 Å². The Kier molecular flexibility index (Phi) is 4.45. The average Bonchev–Trinajstić information content (AvgIpc) is 3.01. The van der Waals surface area contributed by atoms with Gasteiger partial charge < -0.3 is 19.4 Å². The van der Waals surface area contributed by atoms with Crippen LogP contribution >= 0.6 is 0 Å². The van der Waals surface area contributed by atoms with Crippen LogP contribution in [0.1, 0.15) is 39.8 Å². The third-order valence-corrected chi connectivity index (χ3v) is 4.87. The quantitative estimate of drug-likeness (QED) is 0.744. The molecule has 1 aliphatic rings. The standard InChI is InChI=1S/C21H22FN3O3/c1-11-7-14(22)10-17-19(11)16(5-6-27-17)28-18-9-13(21(26)25(3)4)8-15-20(18)24-12(2)23-15/h7-10,16H,5-6H2,1-4H3,(H,23,24). The Morgan fingerprint density at radius 1 is 1.29 bits per heavy atom. The number of H-pyrrole nitrogens is 1. The molecule has 1 aliphatic heterocycles. The number of halogens is 1. The van der Waals surface area contributed by atoms with Crippen molar-refractivity contribution < 1.29 is 18.7 Å². The third-order valence-electron chi connectivity index (χ3n) is 4.87. The summed E-state index contributed by atoms with van der Waals surface area (Å²) in [5.74, 6) is 1.31. The molecule has 0 aliphatic carbocycles. The molecule has 1 aromatic heterocycles. The van der Waals surface area contributed by atoms with E-state index >= 15 is 0 Å². The van der Waals surface area contributed by atoms with E-state index in [0.29, 0.717) is 35.6 Å². The Morgan fingerprint density at radius 3 is 2.82 bits per heavy atom. The van der Waals surface area contributed by atoms with Crippen LogP contribution in [0.3, 0.4) is 0 Å². The Bertz CT molecular complexity index is 1070. The van der Waals surface area contributed by atoms with E-state index in [1.54, 1.807) is 26.2 Å². The van der Waals surface area contributed by atoms with Gasteiger partial charge in [-0.05, 0) is 37.6 Å². The lowest BCUT2D eigenvalue weighted by Gasteiger charge is -2.28. The fourth-order valence-electron chi connectivity index (χ4n) is 3.63. The molecule has 6 nitrogen and oxygen atoms in total. The number of nitrogens with one attached hydrogen (secondary N) is 1. The number of benzene rings is 2. The van der Waals surface area contributed by atoms with Crippen molar-refractivity contribution >= 4 is 16.9 Å². The van der Waals surface area contributed by atoms with Gasteiger partial charge in [-0.2, -0.15) is 0 Å². The summed E-state index contributed by atoms with van der Waals surface area (Å²) in [6.07, 6.45) is 0.310. The number of fused-ring (bicyclic) bond motifs is 2. The van der Waals surface area contributed by atoms with Gasteiger partial charge in [0.25, 0.3) is 5.91 Å². The SMILES string of the molecule is Cc1nc2c(OC3CCOc4cc(F)cc(C)c43)cc(C(=O)N(C)C)cc2[nH]1. The molecule has 146 valence electrons. The van der Waals surface area contributed by atoms with Crippen LogP contribution in [-0.2, 0) is 0 Å². The fourth-order valence-corrected chi connectivity index (χ4v) is 3.63. The lowest BCUT2D eigenvalue weighted by atomic mass is 9.97. The highest BCUT2D eigenvalue weighted by Crippen LogP contribution is 2.39. The van der Waals surface area contributed by atoms with Gasteiger partial charge in [-0.3, -0.25) is 4.79 Å². The van der Waals surface area contributed by atoms with Gasteiger partial charge >= 0.3 is 0 Å². The van der Waals surface area contributed by atoms with Gasteiger partial charge in [-0.1, -0.05) is 0 Å². The molecular weight excluding hydrogens is 361 g/mol. The van der Waals surface area contributed by atoms with Crippen molar-refractivity contribution in [2.24, 2.45) is 0 Å². The number of carbonyl (C=O) groups excluding carboxylic acids is 1. The number of imidazole rings is 1. The lowest BCUT2D eigenvalue weighted by Crippen LogP contribution is -2.22. The lowest BCUT2D eigenvalue weighted by molar-refractivity contribution is 0.0826. The summed E-state index contributed by atoms with van der Waals surface area (Å²) in [6.45, 7) is 4.13. The van der Waals surface area contributed by atoms with Gasteiger partial charge in [0.2, 0.25) is 0 Å². The van der Waals surface area contributed by atoms with E-state index < -0.39 is 0 Å². The minimum Gasteiger partial charge on any atom is -0.493 e. The van der Waals surface area contributed by atoms with Crippen LogP contribution in [0, 0.1) is 19.7 Å². The first kappa shape index (κ1) is 18.3. The van der Waals surface area contributed by atoms with Crippen molar-refractivity contribution in [3.8, 4) is 11.5 Å². The number of aromatic amines is 1. The second-order valence-corrected chi connectivity index (χ2v) is 7.27. The Balaban J connectivity index is 1.80. The van der Waals surface area contributed by atoms with Crippen LogP contribution in [0.25, 0.3) is 11.0 Å². The molecular formula is C21H22FN3O3. The molecule has 0 bridgehead atoms. The molecule has 3 aromatic rings. The number of aryl methyl sites for hydroxylation is 2. The number of aromatic nitrogens is 2. The first-order valence-corrected chi connectivity index (χ1v) is 9.15. The molecule has 1 N–H and O–H groups in total. The summed E-state index contributed by atoms with van der Waals surface area (Å²) in [7, 11) is 3.41. The first-order valence-electron chi connectivity index (χ1n) is 9.15. The summed E-state index contributed by atoms with van der Waals surface area (Å²) in [6, 6.07) is 6.37. The molecule has 0 saturated heterocycles. The summed E-state index contributed by atoms with van der Waals surface area (Å²) < 4.78 is 25.7. The fraction of sp³-hybridized carbons (Fsp3) is 0.333. The van der Waals surface area contributed by atoms with E-state index in [2.05, 4.69) is 9.97 Å². The van der Waals surface area contributed by atoms with Crippen molar-refractivity contribution in [2.75, 3.05) is 20.7 Å². The van der Waals surface area contributed by atoms with Crippen LogP contribution < -0.4 is 9.47 Å². The maximum Gasteiger partial charge on any atom is 0.253 e. The molecule has 1 unspecified atom stereocenters. The van der Waals surface area contributed by atoms with Crippen LogP contribution in [0.5, 0.6) is 11.5 Å². The van der Waals surface area contributed by atoms with Crippen molar-refractivity contribution in [2.45, 2.75) is 26.4 Å². The van der Waals surface area contributed by atoms with Gasteiger partial charge in [0.15, 0.2) is 0 Å². The van der Waals surface area contributed by atoms with Crippen LogP contribution in [-0.4, -0.2) is 41.5 Å². The largest absolute Gasteiger partial charge is 0.493 e. The number of hydrogen-bond acceptors (Lipinski definition) is 4. The highest BCUT2D eigenvalue weighted by Gasteiger charge is 2.27. The Morgan fingerprint density at radius 2 is 2.07 bits per heavy atom. The number of amides is 1. The highest BCUT2D eigenvalue weighted by molar-refractivity contribution is 5.99. The van der Waals surface area contributed by atoms with Gasteiger partial charge in [0.1, 0.15) is 34.8 Å². The van der Waals surface area contributed by atoms with Crippen LogP contribution in [0.15, 0.2) is 24.3 Å². The zero-order chi connectivity index (χ0) is 20.0. The molecule has 2 heterocycles. The summed E-state index contributed by atoms with van der Waals surface area (Å²) in [4.78, 5) is 21.7. The van der Waals surface area contributed by atoms with Gasteiger partial charge in [0.05, 0.1) is 12.1 Å². The Labute approximate surface area is 162 Å². The predicted molar refractivity (Wildman–Crippen MR) is 103 cm³/mol.